The first-order chi connectivity index (χ1) is 9.27. The second-order valence-corrected chi connectivity index (χ2v) is 5.98. The van der Waals surface area contributed by atoms with Crippen molar-refractivity contribution in [3.8, 4) is 5.75 Å². The molecule has 20 heavy (non-hydrogen) atoms. The van der Waals surface area contributed by atoms with Gasteiger partial charge in [0.2, 0.25) is 0 Å². The summed E-state index contributed by atoms with van der Waals surface area (Å²) in [6, 6.07) is 1.81. The van der Waals surface area contributed by atoms with E-state index in [9.17, 15) is 4.39 Å². The van der Waals surface area contributed by atoms with E-state index in [2.05, 4.69) is 4.98 Å². The van der Waals surface area contributed by atoms with Crippen molar-refractivity contribution in [1.82, 2.24) is 4.98 Å². The topological polar surface area (TPSA) is 40.6 Å². The van der Waals surface area contributed by atoms with Gasteiger partial charge in [-0.2, -0.15) is 0 Å². The van der Waals surface area contributed by atoms with Crippen LogP contribution in [0, 0.1) is 6.92 Å². The van der Waals surface area contributed by atoms with Crippen molar-refractivity contribution in [3.63, 3.8) is 0 Å². The fraction of sp³-hybridized carbons (Fsp3) is 0.643. The van der Waals surface area contributed by atoms with Gasteiger partial charge in [0.15, 0.2) is 0 Å². The largest absolute Gasteiger partial charge is 0.496 e. The molecule has 0 aliphatic carbocycles. The van der Waals surface area contributed by atoms with Gasteiger partial charge in [0.05, 0.1) is 16.9 Å². The standard InChI is InChI=1S/C14H21BFNO3/c1-10-12(18-7-6-16)8-11(9-17-10)15-19-13(2,3)14(4,5)20-15/h8-9H,6-7H2,1-5H3. The molecule has 1 saturated heterocycles. The molecule has 1 aromatic heterocycles. The van der Waals surface area contributed by atoms with Crippen molar-refractivity contribution in [2.24, 2.45) is 0 Å². The van der Waals surface area contributed by atoms with Crippen LogP contribution in [0.2, 0.25) is 0 Å². The number of hydrogen-bond acceptors (Lipinski definition) is 4. The minimum atomic E-state index is -0.528. The number of pyridine rings is 1. The van der Waals surface area contributed by atoms with E-state index in [0.717, 1.165) is 11.2 Å². The van der Waals surface area contributed by atoms with Crippen LogP contribution in [0.5, 0.6) is 5.75 Å². The molecule has 0 atom stereocenters. The molecule has 4 nitrogen and oxygen atoms in total. The Morgan fingerprint density at radius 2 is 1.85 bits per heavy atom. The molecule has 0 aromatic carbocycles. The van der Waals surface area contributed by atoms with Gasteiger partial charge >= 0.3 is 7.12 Å². The maximum atomic E-state index is 12.2. The zero-order chi connectivity index (χ0) is 15.0. The molecule has 1 aliphatic rings. The maximum Gasteiger partial charge on any atom is 0.496 e. The molecular formula is C14H21BFNO3. The second kappa shape index (κ2) is 5.33. The Hall–Kier alpha value is -1.14. The van der Waals surface area contributed by atoms with Crippen LogP contribution in [0.3, 0.4) is 0 Å². The van der Waals surface area contributed by atoms with Gasteiger partial charge in [-0.1, -0.05) is 0 Å². The first-order valence-electron chi connectivity index (χ1n) is 6.78. The first kappa shape index (κ1) is 15.3. The minimum absolute atomic E-state index is 0.0232. The number of ether oxygens (including phenoxy) is 1. The summed E-state index contributed by atoms with van der Waals surface area (Å²) in [6.07, 6.45) is 1.71. The molecule has 0 N–H and O–H groups in total. The van der Waals surface area contributed by atoms with Crippen LogP contribution in [0.25, 0.3) is 0 Å². The van der Waals surface area contributed by atoms with E-state index in [1.54, 1.807) is 12.3 Å². The molecule has 0 bridgehead atoms. The van der Waals surface area contributed by atoms with Gasteiger partial charge < -0.3 is 14.0 Å². The molecule has 0 spiro atoms. The predicted octanol–water partition coefficient (Wildman–Crippen LogP) is 2.04. The smallest absolute Gasteiger partial charge is 0.489 e. The fourth-order valence-electron chi connectivity index (χ4n) is 1.93. The Morgan fingerprint density at radius 3 is 2.40 bits per heavy atom. The molecular weight excluding hydrogens is 260 g/mol. The van der Waals surface area contributed by atoms with Crippen LogP contribution in [0.15, 0.2) is 12.3 Å². The Bertz CT molecular complexity index is 477. The van der Waals surface area contributed by atoms with Crippen LogP contribution < -0.4 is 10.2 Å². The quantitative estimate of drug-likeness (QED) is 0.792. The SMILES string of the molecule is Cc1ncc(B2OC(C)(C)C(C)(C)O2)cc1OCCF. The maximum absolute atomic E-state index is 12.2. The van der Waals surface area contributed by atoms with E-state index in [1.165, 1.54) is 0 Å². The van der Waals surface area contributed by atoms with Gasteiger partial charge in [-0.15, -0.1) is 0 Å². The normalized spacial score (nSPS) is 20.2. The third-order valence-corrected chi connectivity index (χ3v) is 3.92. The van der Waals surface area contributed by atoms with E-state index < -0.39 is 25.0 Å². The average molecular weight is 281 g/mol. The molecule has 0 saturated carbocycles. The Kier molecular flexibility index (Phi) is 4.07. The zero-order valence-electron chi connectivity index (χ0n) is 12.7. The first-order valence-corrected chi connectivity index (χ1v) is 6.78. The van der Waals surface area contributed by atoms with Gasteiger partial charge in [0.1, 0.15) is 19.0 Å². The number of rotatable bonds is 4. The van der Waals surface area contributed by atoms with E-state index in [-0.39, 0.29) is 6.61 Å². The predicted molar refractivity (Wildman–Crippen MR) is 76.2 cm³/mol. The highest BCUT2D eigenvalue weighted by Gasteiger charge is 2.51. The zero-order valence-corrected chi connectivity index (χ0v) is 12.7. The molecule has 6 heteroatoms. The molecule has 2 heterocycles. The highest BCUT2D eigenvalue weighted by Crippen LogP contribution is 2.36. The third-order valence-electron chi connectivity index (χ3n) is 3.92. The Balaban J connectivity index is 2.22. The van der Waals surface area contributed by atoms with Crippen molar-refractivity contribution in [2.45, 2.75) is 45.8 Å². The van der Waals surface area contributed by atoms with Crippen molar-refractivity contribution in [2.75, 3.05) is 13.3 Å². The van der Waals surface area contributed by atoms with Crippen LogP contribution in [-0.4, -0.2) is 36.6 Å². The highest BCUT2D eigenvalue weighted by atomic mass is 19.1. The lowest BCUT2D eigenvalue weighted by atomic mass is 9.80. The van der Waals surface area contributed by atoms with Crippen molar-refractivity contribution >= 4 is 12.6 Å². The molecule has 1 aromatic rings. The molecule has 0 radical (unpaired) electrons. The van der Waals surface area contributed by atoms with Gasteiger partial charge in [-0.25, -0.2) is 4.39 Å². The lowest BCUT2D eigenvalue weighted by Crippen LogP contribution is -2.41. The van der Waals surface area contributed by atoms with Crippen molar-refractivity contribution in [3.05, 3.63) is 18.0 Å². The summed E-state index contributed by atoms with van der Waals surface area (Å²) in [5.41, 5.74) is 0.701. The van der Waals surface area contributed by atoms with E-state index in [1.807, 2.05) is 34.6 Å². The summed E-state index contributed by atoms with van der Waals surface area (Å²) >= 11 is 0. The van der Waals surface area contributed by atoms with Crippen molar-refractivity contribution in [1.29, 1.82) is 0 Å². The summed E-state index contributed by atoms with van der Waals surface area (Å²) in [6.45, 7) is 9.30. The molecule has 110 valence electrons. The lowest BCUT2D eigenvalue weighted by molar-refractivity contribution is 0.00578. The van der Waals surface area contributed by atoms with Gasteiger partial charge in [-0.05, 0) is 40.7 Å². The minimum Gasteiger partial charge on any atom is -0.489 e. The number of halogens is 1. The monoisotopic (exact) mass is 281 g/mol. The summed E-state index contributed by atoms with van der Waals surface area (Å²) < 4.78 is 29.5. The van der Waals surface area contributed by atoms with Crippen molar-refractivity contribution < 1.29 is 18.4 Å². The van der Waals surface area contributed by atoms with Crippen LogP contribution >= 0.6 is 0 Å². The summed E-state index contributed by atoms with van der Waals surface area (Å²) in [4.78, 5) is 4.26. The molecule has 2 rings (SSSR count). The molecule has 0 unspecified atom stereocenters. The number of aromatic nitrogens is 1. The summed E-state index contributed by atoms with van der Waals surface area (Å²) in [5.74, 6) is 0.565. The Morgan fingerprint density at radius 1 is 1.25 bits per heavy atom. The molecule has 0 amide bonds. The average Bonchev–Trinajstić information content (AvgIpc) is 2.57. The number of hydrogen-bond donors (Lipinski definition) is 0. The lowest BCUT2D eigenvalue weighted by Gasteiger charge is -2.32. The number of aryl methyl sites for hydroxylation is 1. The molecule has 1 fully saturated rings. The van der Waals surface area contributed by atoms with Gasteiger partial charge in [-0.3, -0.25) is 4.98 Å². The summed E-state index contributed by atoms with van der Waals surface area (Å²) in [7, 11) is -0.485. The van der Waals surface area contributed by atoms with Gasteiger partial charge in [0, 0.05) is 11.7 Å². The van der Waals surface area contributed by atoms with Crippen LogP contribution in [0.4, 0.5) is 4.39 Å². The van der Waals surface area contributed by atoms with E-state index in [4.69, 9.17) is 14.0 Å². The van der Waals surface area contributed by atoms with Gasteiger partial charge in [0.25, 0.3) is 0 Å². The summed E-state index contributed by atoms with van der Waals surface area (Å²) in [5, 5.41) is 0. The number of nitrogens with zero attached hydrogens (tertiary/aromatic N) is 1. The van der Waals surface area contributed by atoms with Crippen LogP contribution in [-0.2, 0) is 9.31 Å². The number of alkyl halides is 1. The molecule has 1 aliphatic heterocycles. The van der Waals surface area contributed by atoms with Crippen LogP contribution in [0.1, 0.15) is 33.4 Å². The highest BCUT2D eigenvalue weighted by molar-refractivity contribution is 6.62. The fourth-order valence-corrected chi connectivity index (χ4v) is 1.93. The second-order valence-electron chi connectivity index (χ2n) is 5.98. The van der Waals surface area contributed by atoms with E-state index in [0.29, 0.717) is 5.75 Å². The van der Waals surface area contributed by atoms with E-state index >= 15 is 0 Å². The third kappa shape index (κ3) is 2.81. The Labute approximate surface area is 119 Å².